The number of hydrogen-bond acceptors (Lipinski definition) is 3. The van der Waals surface area contributed by atoms with Gasteiger partial charge in [0.15, 0.2) is 0 Å². The van der Waals surface area contributed by atoms with Crippen molar-refractivity contribution in [3.05, 3.63) is 28.2 Å². The van der Waals surface area contributed by atoms with E-state index in [9.17, 15) is 9.59 Å². The zero-order chi connectivity index (χ0) is 14.3. The summed E-state index contributed by atoms with van der Waals surface area (Å²) in [6.45, 7) is 0.525. The molecule has 0 unspecified atom stereocenters. The van der Waals surface area contributed by atoms with E-state index in [1.54, 1.807) is 18.2 Å². The third-order valence-corrected chi connectivity index (χ3v) is 2.89. The smallest absolute Gasteiger partial charge is 0.303 e. The number of anilines is 1. The van der Waals surface area contributed by atoms with Crippen molar-refractivity contribution in [2.24, 2.45) is 0 Å². The zero-order valence-electron chi connectivity index (χ0n) is 10.1. The number of para-hydroxylation sites is 1. The molecule has 0 aliphatic heterocycles. The molecule has 1 aromatic carbocycles. The first kappa shape index (κ1) is 15.8. The van der Waals surface area contributed by atoms with Gasteiger partial charge in [0, 0.05) is 6.42 Å². The van der Waals surface area contributed by atoms with Crippen LogP contribution in [0.3, 0.4) is 0 Å². The van der Waals surface area contributed by atoms with Crippen molar-refractivity contribution in [1.29, 1.82) is 0 Å². The van der Waals surface area contributed by atoms with Crippen LogP contribution in [-0.4, -0.2) is 30.1 Å². The summed E-state index contributed by atoms with van der Waals surface area (Å²) >= 11 is 11.8. The van der Waals surface area contributed by atoms with E-state index in [0.29, 0.717) is 28.7 Å². The summed E-state index contributed by atoms with van der Waals surface area (Å²) in [7, 11) is 0. The minimum absolute atomic E-state index is 0.0706. The maximum atomic E-state index is 11.6. The number of aliphatic carboxylic acids is 1. The molecule has 19 heavy (non-hydrogen) atoms. The molecule has 0 bridgehead atoms. The number of halogens is 2. The van der Waals surface area contributed by atoms with Crippen LogP contribution in [0.25, 0.3) is 0 Å². The molecule has 0 spiro atoms. The molecule has 7 heteroatoms. The molecular weight excluding hydrogens is 291 g/mol. The molecule has 104 valence electrons. The van der Waals surface area contributed by atoms with Gasteiger partial charge in [-0.1, -0.05) is 29.3 Å². The van der Waals surface area contributed by atoms with E-state index in [1.807, 2.05) is 0 Å². The lowest BCUT2D eigenvalue weighted by atomic mass is 10.3. The van der Waals surface area contributed by atoms with Crippen LogP contribution < -0.4 is 10.6 Å². The van der Waals surface area contributed by atoms with E-state index in [2.05, 4.69) is 10.6 Å². The van der Waals surface area contributed by atoms with Crippen molar-refractivity contribution < 1.29 is 14.7 Å². The van der Waals surface area contributed by atoms with Crippen LogP contribution in [0.2, 0.25) is 10.0 Å². The van der Waals surface area contributed by atoms with Gasteiger partial charge in [-0.3, -0.25) is 9.59 Å². The van der Waals surface area contributed by atoms with Gasteiger partial charge in [-0.25, -0.2) is 0 Å². The Morgan fingerprint density at radius 1 is 1.21 bits per heavy atom. The van der Waals surface area contributed by atoms with Crippen LogP contribution in [0, 0.1) is 0 Å². The van der Waals surface area contributed by atoms with Crippen LogP contribution in [-0.2, 0) is 9.59 Å². The lowest BCUT2D eigenvalue weighted by Crippen LogP contribution is -2.29. The van der Waals surface area contributed by atoms with Crippen LogP contribution in [0.5, 0.6) is 0 Å². The summed E-state index contributed by atoms with van der Waals surface area (Å²) < 4.78 is 0. The first-order valence-corrected chi connectivity index (χ1v) is 6.42. The molecule has 1 rings (SSSR count). The lowest BCUT2D eigenvalue weighted by molar-refractivity contribution is -0.137. The molecule has 0 saturated carbocycles. The van der Waals surface area contributed by atoms with E-state index >= 15 is 0 Å². The summed E-state index contributed by atoms with van der Waals surface area (Å²) in [6.07, 6.45) is 0.542. The number of hydrogen-bond donors (Lipinski definition) is 3. The molecule has 0 saturated heterocycles. The van der Waals surface area contributed by atoms with Gasteiger partial charge >= 0.3 is 5.97 Å². The summed E-state index contributed by atoms with van der Waals surface area (Å²) in [5.41, 5.74) is 0.378. The first-order valence-electron chi connectivity index (χ1n) is 5.67. The second-order valence-corrected chi connectivity index (χ2v) is 4.63. The normalized spacial score (nSPS) is 10.2. The Kier molecular flexibility index (Phi) is 6.62. The number of carbonyl (C=O) groups is 2. The van der Waals surface area contributed by atoms with Crippen LogP contribution in [0.1, 0.15) is 12.8 Å². The fourth-order valence-electron chi connectivity index (χ4n) is 1.37. The lowest BCUT2D eigenvalue weighted by Gasteiger charge is -2.09. The van der Waals surface area contributed by atoms with Gasteiger partial charge in [0.05, 0.1) is 22.3 Å². The molecule has 0 aliphatic carbocycles. The van der Waals surface area contributed by atoms with Crippen molar-refractivity contribution in [3.8, 4) is 0 Å². The van der Waals surface area contributed by atoms with Gasteiger partial charge in [0.1, 0.15) is 0 Å². The Morgan fingerprint density at radius 2 is 1.84 bits per heavy atom. The second kappa shape index (κ2) is 7.99. The number of carboxylic acid groups (broad SMARTS) is 1. The quantitative estimate of drug-likeness (QED) is 0.676. The fraction of sp³-hybridized carbons (Fsp3) is 0.333. The molecule has 0 aromatic heterocycles. The number of rotatable bonds is 7. The van der Waals surface area contributed by atoms with Gasteiger partial charge in [0.2, 0.25) is 5.91 Å². The number of carbonyl (C=O) groups excluding carboxylic acids is 1. The Bertz CT molecular complexity index is 446. The highest BCUT2D eigenvalue weighted by Gasteiger charge is 2.09. The summed E-state index contributed by atoms with van der Waals surface area (Å²) in [4.78, 5) is 21.9. The van der Waals surface area contributed by atoms with Crippen LogP contribution in [0.4, 0.5) is 5.69 Å². The van der Waals surface area contributed by atoms with E-state index in [-0.39, 0.29) is 18.9 Å². The Balaban J connectivity index is 2.33. The average molecular weight is 305 g/mol. The largest absolute Gasteiger partial charge is 0.481 e. The Labute approximate surface area is 120 Å². The maximum Gasteiger partial charge on any atom is 0.303 e. The Morgan fingerprint density at radius 3 is 2.42 bits per heavy atom. The van der Waals surface area contributed by atoms with Gasteiger partial charge < -0.3 is 15.7 Å². The highest BCUT2D eigenvalue weighted by molar-refractivity contribution is 6.39. The highest BCUT2D eigenvalue weighted by atomic mass is 35.5. The van der Waals surface area contributed by atoms with Crippen molar-refractivity contribution >= 4 is 40.8 Å². The third-order valence-electron chi connectivity index (χ3n) is 2.26. The Hall–Kier alpha value is -1.30. The standard InChI is InChI=1S/C12H14Cl2N2O3/c13-8-3-1-4-9(14)12(8)16-10(17)7-15-6-2-5-11(18)19/h1,3-4,15H,2,5-7H2,(H,16,17)(H,18,19). The predicted molar refractivity (Wildman–Crippen MR) is 74.8 cm³/mol. The highest BCUT2D eigenvalue weighted by Crippen LogP contribution is 2.29. The average Bonchev–Trinajstić information content (AvgIpc) is 2.33. The first-order chi connectivity index (χ1) is 9.00. The van der Waals surface area contributed by atoms with Gasteiger partial charge in [-0.15, -0.1) is 0 Å². The molecular formula is C12H14Cl2N2O3. The second-order valence-electron chi connectivity index (χ2n) is 3.82. The van der Waals surface area contributed by atoms with Crippen LogP contribution >= 0.6 is 23.2 Å². The molecule has 0 aliphatic rings. The van der Waals surface area contributed by atoms with E-state index in [4.69, 9.17) is 28.3 Å². The monoisotopic (exact) mass is 304 g/mol. The minimum atomic E-state index is -0.853. The number of amides is 1. The van der Waals surface area contributed by atoms with Gasteiger partial charge in [-0.2, -0.15) is 0 Å². The van der Waals surface area contributed by atoms with Crippen molar-refractivity contribution in [2.45, 2.75) is 12.8 Å². The van der Waals surface area contributed by atoms with Gasteiger partial charge in [-0.05, 0) is 25.1 Å². The molecule has 3 N–H and O–H groups in total. The number of benzene rings is 1. The van der Waals surface area contributed by atoms with Crippen molar-refractivity contribution in [3.63, 3.8) is 0 Å². The number of carboxylic acids is 1. The van der Waals surface area contributed by atoms with Crippen molar-refractivity contribution in [2.75, 3.05) is 18.4 Å². The molecule has 0 heterocycles. The minimum Gasteiger partial charge on any atom is -0.481 e. The summed E-state index contributed by atoms with van der Waals surface area (Å²) in [5, 5.41) is 14.6. The molecule has 5 nitrogen and oxygen atoms in total. The summed E-state index contributed by atoms with van der Waals surface area (Å²) in [6, 6.07) is 4.94. The SMILES string of the molecule is O=C(O)CCCNCC(=O)Nc1c(Cl)cccc1Cl. The van der Waals surface area contributed by atoms with E-state index in [1.165, 1.54) is 0 Å². The topological polar surface area (TPSA) is 78.4 Å². The molecule has 0 atom stereocenters. The summed E-state index contributed by atoms with van der Waals surface area (Å²) in [5.74, 6) is -1.14. The molecule has 0 radical (unpaired) electrons. The van der Waals surface area contributed by atoms with Gasteiger partial charge in [0.25, 0.3) is 0 Å². The maximum absolute atomic E-state index is 11.6. The third kappa shape index (κ3) is 5.92. The van der Waals surface area contributed by atoms with E-state index < -0.39 is 5.97 Å². The number of nitrogens with one attached hydrogen (secondary N) is 2. The fourth-order valence-corrected chi connectivity index (χ4v) is 1.86. The molecule has 1 amide bonds. The predicted octanol–water partition coefficient (Wildman–Crippen LogP) is 2.39. The van der Waals surface area contributed by atoms with Crippen molar-refractivity contribution in [1.82, 2.24) is 5.32 Å². The van der Waals surface area contributed by atoms with Crippen LogP contribution in [0.15, 0.2) is 18.2 Å². The zero-order valence-corrected chi connectivity index (χ0v) is 11.6. The molecule has 0 fully saturated rings. The molecule has 1 aromatic rings. The van der Waals surface area contributed by atoms with E-state index in [0.717, 1.165) is 0 Å².